The lowest BCUT2D eigenvalue weighted by molar-refractivity contribution is -0.134. The minimum atomic E-state index is -3.04. The molecule has 1 unspecified atom stereocenters. The van der Waals surface area contributed by atoms with Crippen LogP contribution in [0.5, 0.6) is 0 Å². The molecule has 1 aliphatic carbocycles. The second kappa shape index (κ2) is 5.98. The highest BCUT2D eigenvalue weighted by atomic mass is 32.2. The van der Waals surface area contributed by atoms with E-state index >= 15 is 0 Å². The third-order valence-electron chi connectivity index (χ3n) is 4.86. The number of fused-ring (bicyclic) bond motifs is 1. The van der Waals surface area contributed by atoms with Crippen LogP contribution in [0.3, 0.4) is 0 Å². The second-order valence-corrected chi connectivity index (χ2v) is 9.00. The van der Waals surface area contributed by atoms with Crippen molar-refractivity contribution in [2.75, 3.05) is 11.5 Å². The molecule has 1 saturated carbocycles. The van der Waals surface area contributed by atoms with Gasteiger partial charge >= 0.3 is 5.69 Å². The van der Waals surface area contributed by atoms with E-state index in [-0.39, 0.29) is 48.2 Å². The molecule has 0 radical (unpaired) electrons. The van der Waals surface area contributed by atoms with Crippen molar-refractivity contribution in [1.82, 2.24) is 19.1 Å². The fourth-order valence-corrected chi connectivity index (χ4v) is 5.21. The summed E-state index contributed by atoms with van der Waals surface area (Å²) in [6, 6.07) is 5.22. The van der Waals surface area contributed by atoms with Crippen molar-refractivity contribution in [2.45, 2.75) is 44.3 Å². The van der Waals surface area contributed by atoms with Crippen molar-refractivity contribution >= 4 is 21.4 Å². The van der Waals surface area contributed by atoms with Gasteiger partial charge < -0.3 is 4.90 Å². The lowest BCUT2D eigenvalue weighted by atomic mass is 10.2. The van der Waals surface area contributed by atoms with Gasteiger partial charge in [-0.2, -0.15) is 0 Å². The van der Waals surface area contributed by atoms with Gasteiger partial charge in [0.25, 0.3) is 0 Å². The van der Waals surface area contributed by atoms with E-state index in [1.54, 1.807) is 29.3 Å². The number of aryl methyl sites for hydroxylation is 1. The third kappa shape index (κ3) is 3.20. The maximum Gasteiger partial charge on any atom is 0.350 e. The van der Waals surface area contributed by atoms with E-state index < -0.39 is 9.84 Å². The maximum absolute atomic E-state index is 12.7. The summed E-state index contributed by atoms with van der Waals surface area (Å²) in [5, 5.41) is 4.23. The van der Waals surface area contributed by atoms with E-state index in [2.05, 4.69) is 5.10 Å². The molecule has 0 N–H and O–H groups in total. The largest absolute Gasteiger partial charge is 0.350 e. The number of hydrogen-bond acceptors (Lipinski definition) is 5. The Bertz CT molecular complexity index is 973. The van der Waals surface area contributed by atoms with E-state index in [0.29, 0.717) is 12.1 Å². The summed E-state index contributed by atoms with van der Waals surface area (Å²) >= 11 is 0. The molecule has 3 heterocycles. The van der Waals surface area contributed by atoms with E-state index in [4.69, 9.17) is 0 Å². The summed E-state index contributed by atoms with van der Waals surface area (Å²) in [6.07, 6.45) is 4.16. The highest BCUT2D eigenvalue weighted by Gasteiger charge is 2.41. The lowest BCUT2D eigenvalue weighted by Gasteiger charge is -2.28. The molecule has 0 spiro atoms. The standard InChI is InChI=1S/C16H20N4O4S/c21-15(20(12-4-5-12)13-7-10-25(23,24)11-13)6-9-19-16(22)18-8-2-1-3-14(18)17-19/h1-3,8,12-13H,4-7,9-11H2. The van der Waals surface area contributed by atoms with Gasteiger partial charge in [0.05, 0.1) is 18.1 Å². The zero-order valence-electron chi connectivity index (χ0n) is 13.7. The predicted octanol–water partition coefficient (Wildman–Crippen LogP) is 0.0642. The molecule has 25 heavy (non-hydrogen) atoms. The van der Waals surface area contributed by atoms with Gasteiger partial charge in [0.2, 0.25) is 5.91 Å². The molecule has 2 aromatic heterocycles. The first-order valence-corrected chi connectivity index (χ1v) is 10.3. The van der Waals surface area contributed by atoms with Gasteiger partial charge in [-0.25, -0.2) is 17.9 Å². The van der Waals surface area contributed by atoms with Gasteiger partial charge in [0.1, 0.15) is 0 Å². The van der Waals surface area contributed by atoms with E-state index in [1.807, 2.05) is 0 Å². The smallest absolute Gasteiger partial charge is 0.336 e. The normalized spacial score (nSPS) is 22.3. The number of sulfone groups is 1. The van der Waals surface area contributed by atoms with Crippen molar-refractivity contribution in [3.05, 3.63) is 34.9 Å². The molecule has 2 aliphatic rings. The van der Waals surface area contributed by atoms with Crippen LogP contribution in [-0.4, -0.2) is 57.0 Å². The van der Waals surface area contributed by atoms with Crippen molar-refractivity contribution in [2.24, 2.45) is 0 Å². The van der Waals surface area contributed by atoms with Crippen LogP contribution in [0.2, 0.25) is 0 Å². The topological polar surface area (TPSA) is 93.8 Å². The Morgan fingerprint density at radius 2 is 2.04 bits per heavy atom. The van der Waals surface area contributed by atoms with Crippen LogP contribution in [0.1, 0.15) is 25.7 Å². The highest BCUT2D eigenvalue weighted by Crippen LogP contribution is 2.32. The zero-order valence-corrected chi connectivity index (χ0v) is 14.6. The molecule has 1 saturated heterocycles. The van der Waals surface area contributed by atoms with Crippen LogP contribution in [-0.2, 0) is 21.2 Å². The number of pyridine rings is 1. The molecule has 2 fully saturated rings. The number of carbonyl (C=O) groups is 1. The first-order chi connectivity index (χ1) is 11.9. The molecule has 1 amide bonds. The Morgan fingerprint density at radius 3 is 2.68 bits per heavy atom. The molecule has 0 aromatic carbocycles. The Labute approximate surface area is 145 Å². The Hall–Kier alpha value is -2.16. The fraction of sp³-hybridized carbons (Fsp3) is 0.562. The molecule has 0 bridgehead atoms. The lowest BCUT2D eigenvalue weighted by Crippen LogP contribution is -2.43. The molecule has 8 nitrogen and oxygen atoms in total. The van der Waals surface area contributed by atoms with E-state index in [9.17, 15) is 18.0 Å². The Kier molecular flexibility index (Phi) is 3.90. The molecular formula is C16H20N4O4S. The summed E-state index contributed by atoms with van der Waals surface area (Å²) in [5.41, 5.74) is 0.269. The summed E-state index contributed by atoms with van der Waals surface area (Å²) in [5.74, 6) is 0.123. The van der Waals surface area contributed by atoms with Crippen LogP contribution in [0, 0.1) is 0 Å². The van der Waals surface area contributed by atoms with Gasteiger partial charge in [-0.15, -0.1) is 5.10 Å². The van der Waals surface area contributed by atoms with Crippen molar-refractivity contribution < 1.29 is 13.2 Å². The van der Waals surface area contributed by atoms with Crippen LogP contribution >= 0.6 is 0 Å². The first kappa shape index (κ1) is 16.3. The summed E-state index contributed by atoms with van der Waals surface area (Å²) < 4.78 is 26.2. The van der Waals surface area contributed by atoms with Gasteiger partial charge in [-0.1, -0.05) is 6.07 Å². The molecule has 1 atom stereocenters. The number of amides is 1. The van der Waals surface area contributed by atoms with E-state index in [0.717, 1.165) is 12.8 Å². The average molecular weight is 364 g/mol. The van der Waals surface area contributed by atoms with Gasteiger partial charge in [0.15, 0.2) is 15.5 Å². The SMILES string of the molecule is O=C(CCn1nc2ccccn2c1=O)N(C1CC1)C1CCS(=O)(=O)C1. The summed E-state index contributed by atoms with van der Waals surface area (Å²) in [4.78, 5) is 26.7. The molecule has 1 aliphatic heterocycles. The molecular weight excluding hydrogens is 344 g/mol. The summed E-state index contributed by atoms with van der Waals surface area (Å²) in [6.45, 7) is 0.196. The van der Waals surface area contributed by atoms with Crippen molar-refractivity contribution in [3.8, 4) is 0 Å². The molecule has 134 valence electrons. The average Bonchev–Trinajstić information content (AvgIpc) is 3.27. The van der Waals surface area contributed by atoms with Crippen molar-refractivity contribution in [3.63, 3.8) is 0 Å². The zero-order chi connectivity index (χ0) is 17.6. The van der Waals surface area contributed by atoms with Gasteiger partial charge in [0, 0.05) is 24.7 Å². The number of nitrogens with zero attached hydrogens (tertiary/aromatic N) is 4. The minimum absolute atomic E-state index is 0.0591. The van der Waals surface area contributed by atoms with Crippen LogP contribution in [0.15, 0.2) is 29.2 Å². The van der Waals surface area contributed by atoms with Crippen LogP contribution < -0.4 is 5.69 Å². The van der Waals surface area contributed by atoms with Crippen LogP contribution in [0.4, 0.5) is 0 Å². The molecule has 2 aromatic rings. The quantitative estimate of drug-likeness (QED) is 0.748. The number of aromatic nitrogens is 3. The van der Waals surface area contributed by atoms with Gasteiger partial charge in [-0.3, -0.25) is 9.20 Å². The third-order valence-corrected chi connectivity index (χ3v) is 6.61. The first-order valence-electron chi connectivity index (χ1n) is 8.50. The number of carbonyl (C=O) groups excluding carboxylic acids is 1. The highest BCUT2D eigenvalue weighted by molar-refractivity contribution is 7.91. The molecule has 9 heteroatoms. The monoisotopic (exact) mass is 364 g/mol. The minimum Gasteiger partial charge on any atom is -0.336 e. The number of rotatable bonds is 5. The number of hydrogen-bond donors (Lipinski definition) is 0. The Morgan fingerprint density at radius 1 is 1.24 bits per heavy atom. The predicted molar refractivity (Wildman–Crippen MR) is 91.0 cm³/mol. The Balaban J connectivity index is 1.48. The maximum atomic E-state index is 12.7. The van der Waals surface area contributed by atoms with E-state index in [1.165, 1.54) is 9.08 Å². The second-order valence-electron chi connectivity index (χ2n) is 6.77. The van der Waals surface area contributed by atoms with Gasteiger partial charge in [-0.05, 0) is 31.4 Å². The molecule has 4 rings (SSSR count). The summed E-state index contributed by atoms with van der Waals surface area (Å²) in [7, 11) is -3.04. The van der Waals surface area contributed by atoms with Crippen LogP contribution in [0.25, 0.3) is 5.65 Å². The fourth-order valence-electron chi connectivity index (χ4n) is 3.50. The van der Waals surface area contributed by atoms with Crippen molar-refractivity contribution in [1.29, 1.82) is 0 Å².